The zero-order valence-corrected chi connectivity index (χ0v) is 20.7. The van der Waals surface area contributed by atoms with E-state index < -0.39 is 10.0 Å². The van der Waals surface area contributed by atoms with Gasteiger partial charge in [-0.2, -0.15) is 4.31 Å². The van der Waals surface area contributed by atoms with E-state index in [1.54, 1.807) is 24.6 Å². The van der Waals surface area contributed by atoms with Crippen molar-refractivity contribution in [3.63, 3.8) is 0 Å². The van der Waals surface area contributed by atoms with Gasteiger partial charge in [0.1, 0.15) is 0 Å². The monoisotopic (exact) mass is 480 g/mol. The molecule has 1 saturated heterocycles. The summed E-state index contributed by atoms with van der Waals surface area (Å²) in [7, 11) is -0.212. The molecule has 0 N–H and O–H groups in total. The fraction of sp³-hybridized carbons (Fsp3) is 0.407. The van der Waals surface area contributed by atoms with Crippen molar-refractivity contribution in [1.82, 2.24) is 9.21 Å². The maximum absolute atomic E-state index is 13.6. The molecule has 2 aliphatic heterocycles. The Balaban J connectivity index is 1.31. The van der Waals surface area contributed by atoms with Gasteiger partial charge in [0.2, 0.25) is 10.0 Å². The standard InChI is InChI=1S/C27H32N2O4S/c1-32-25-15-22-12-14-28(19-23(22)16-26(25)33-2)17-20-7-6-13-29(18-20)34(30,31)27-11-5-9-21-8-3-4-10-24(21)27/h3-5,8-11,15-16,20H,6-7,12-14,17-19H2,1-2H3. The third-order valence-electron chi connectivity index (χ3n) is 7.16. The number of fused-ring (bicyclic) bond motifs is 2. The molecule has 0 aromatic heterocycles. The number of methoxy groups -OCH3 is 2. The summed E-state index contributed by atoms with van der Waals surface area (Å²) < 4.78 is 39.9. The molecule has 0 amide bonds. The Labute approximate surface area is 202 Å². The Morgan fingerprint density at radius 3 is 2.47 bits per heavy atom. The number of hydrogen-bond acceptors (Lipinski definition) is 5. The first kappa shape index (κ1) is 23.1. The molecule has 6 nitrogen and oxygen atoms in total. The van der Waals surface area contributed by atoms with Crippen LogP contribution in [-0.4, -0.2) is 58.0 Å². The highest BCUT2D eigenvalue weighted by Crippen LogP contribution is 2.34. The van der Waals surface area contributed by atoms with Crippen molar-refractivity contribution in [2.45, 2.75) is 30.7 Å². The lowest BCUT2D eigenvalue weighted by Gasteiger charge is -2.37. The van der Waals surface area contributed by atoms with E-state index in [-0.39, 0.29) is 0 Å². The minimum absolute atomic E-state index is 0.320. The molecule has 3 aromatic carbocycles. The minimum atomic E-state index is -3.54. The van der Waals surface area contributed by atoms with Crippen molar-refractivity contribution in [2.75, 3.05) is 40.4 Å². The van der Waals surface area contributed by atoms with Crippen LogP contribution >= 0.6 is 0 Å². The molecule has 0 aliphatic carbocycles. The highest BCUT2D eigenvalue weighted by Gasteiger charge is 2.32. The molecule has 1 unspecified atom stereocenters. The molecule has 2 aliphatic rings. The second-order valence-corrected chi connectivity index (χ2v) is 11.2. The first-order valence-corrected chi connectivity index (χ1v) is 13.4. The van der Waals surface area contributed by atoms with Crippen LogP contribution in [0.2, 0.25) is 0 Å². The molecular weight excluding hydrogens is 448 g/mol. The number of benzene rings is 3. The van der Waals surface area contributed by atoms with Gasteiger partial charge in [-0.05, 0) is 59.9 Å². The maximum atomic E-state index is 13.6. The molecule has 1 atom stereocenters. The molecule has 3 aromatic rings. The second-order valence-electron chi connectivity index (χ2n) is 9.31. The molecule has 0 spiro atoms. The van der Waals surface area contributed by atoms with E-state index in [2.05, 4.69) is 17.0 Å². The van der Waals surface area contributed by atoms with E-state index in [1.165, 1.54) is 11.1 Å². The van der Waals surface area contributed by atoms with Gasteiger partial charge in [-0.1, -0.05) is 36.4 Å². The summed E-state index contributed by atoms with van der Waals surface area (Å²) in [6.07, 6.45) is 2.90. The smallest absolute Gasteiger partial charge is 0.243 e. The van der Waals surface area contributed by atoms with Crippen molar-refractivity contribution in [1.29, 1.82) is 0 Å². The number of ether oxygens (including phenoxy) is 2. The number of hydrogen-bond donors (Lipinski definition) is 0. The van der Waals surface area contributed by atoms with Gasteiger partial charge < -0.3 is 9.47 Å². The lowest BCUT2D eigenvalue weighted by atomic mass is 9.95. The van der Waals surface area contributed by atoms with Crippen LogP contribution in [0.5, 0.6) is 11.5 Å². The van der Waals surface area contributed by atoms with Crippen molar-refractivity contribution in [3.05, 3.63) is 65.7 Å². The third kappa shape index (κ3) is 4.40. The van der Waals surface area contributed by atoms with E-state index in [0.29, 0.717) is 23.9 Å². The summed E-state index contributed by atoms with van der Waals surface area (Å²) >= 11 is 0. The van der Waals surface area contributed by atoms with Crippen LogP contribution in [0.4, 0.5) is 0 Å². The molecule has 2 heterocycles. The zero-order valence-electron chi connectivity index (χ0n) is 19.9. The summed E-state index contributed by atoms with van der Waals surface area (Å²) in [6, 6.07) is 17.4. The SMILES string of the molecule is COc1cc2c(cc1OC)CN(CC1CCCN(S(=O)(=O)c3cccc4ccccc34)C1)CC2. The van der Waals surface area contributed by atoms with Gasteiger partial charge in [-0.15, -0.1) is 0 Å². The molecule has 7 heteroatoms. The molecule has 5 rings (SSSR count). The van der Waals surface area contributed by atoms with Gasteiger partial charge in [0.25, 0.3) is 0 Å². The highest BCUT2D eigenvalue weighted by atomic mass is 32.2. The average molecular weight is 481 g/mol. The van der Waals surface area contributed by atoms with Gasteiger partial charge in [-0.3, -0.25) is 4.90 Å². The Hall–Kier alpha value is -2.61. The number of piperidine rings is 1. The predicted molar refractivity (Wildman–Crippen MR) is 134 cm³/mol. The summed E-state index contributed by atoms with van der Waals surface area (Å²) in [5.74, 6) is 1.85. The van der Waals surface area contributed by atoms with Crippen LogP contribution in [0.1, 0.15) is 24.0 Å². The van der Waals surface area contributed by atoms with Crippen LogP contribution in [-0.2, 0) is 23.0 Å². The number of nitrogens with zero attached hydrogens (tertiary/aromatic N) is 2. The number of rotatable bonds is 6. The summed E-state index contributed by atoms with van der Waals surface area (Å²) in [6.45, 7) is 3.87. The van der Waals surface area contributed by atoms with Crippen LogP contribution < -0.4 is 9.47 Å². The Morgan fingerprint density at radius 1 is 0.941 bits per heavy atom. The van der Waals surface area contributed by atoms with Gasteiger partial charge in [0.05, 0.1) is 19.1 Å². The lowest BCUT2D eigenvalue weighted by Crippen LogP contribution is -2.44. The van der Waals surface area contributed by atoms with E-state index >= 15 is 0 Å². The molecule has 0 radical (unpaired) electrons. The Kier molecular flexibility index (Phi) is 6.51. The van der Waals surface area contributed by atoms with Crippen LogP contribution in [0.3, 0.4) is 0 Å². The average Bonchev–Trinajstić information content (AvgIpc) is 2.87. The maximum Gasteiger partial charge on any atom is 0.243 e. The van der Waals surface area contributed by atoms with Crippen molar-refractivity contribution < 1.29 is 17.9 Å². The van der Waals surface area contributed by atoms with E-state index in [1.807, 2.05) is 36.4 Å². The third-order valence-corrected chi connectivity index (χ3v) is 9.09. The molecule has 0 saturated carbocycles. The van der Waals surface area contributed by atoms with Crippen molar-refractivity contribution >= 4 is 20.8 Å². The highest BCUT2D eigenvalue weighted by molar-refractivity contribution is 7.89. The predicted octanol–water partition coefficient (Wildman–Crippen LogP) is 4.32. The largest absolute Gasteiger partial charge is 0.493 e. The van der Waals surface area contributed by atoms with Crippen LogP contribution in [0.15, 0.2) is 59.5 Å². The molecule has 34 heavy (non-hydrogen) atoms. The number of sulfonamides is 1. The van der Waals surface area contributed by atoms with Crippen LogP contribution in [0, 0.1) is 5.92 Å². The lowest BCUT2D eigenvalue weighted by molar-refractivity contribution is 0.167. The van der Waals surface area contributed by atoms with Crippen LogP contribution in [0.25, 0.3) is 10.8 Å². The topological polar surface area (TPSA) is 59.1 Å². The normalized spacial score (nSPS) is 19.6. The van der Waals surface area contributed by atoms with Crippen molar-refractivity contribution in [3.8, 4) is 11.5 Å². The zero-order chi connectivity index (χ0) is 23.7. The second kappa shape index (κ2) is 9.56. The van der Waals surface area contributed by atoms with E-state index in [0.717, 1.165) is 61.2 Å². The Bertz CT molecular complexity index is 1290. The van der Waals surface area contributed by atoms with E-state index in [4.69, 9.17) is 9.47 Å². The summed E-state index contributed by atoms with van der Waals surface area (Å²) in [4.78, 5) is 2.87. The van der Waals surface area contributed by atoms with Crippen molar-refractivity contribution in [2.24, 2.45) is 5.92 Å². The molecule has 0 bridgehead atoms. The first-order valence-electron chi connectivity index (χ1n) is 11.9. The molecular formula is C27H32N2O4S. The fourth-order valence-corrected chi connectivity index (χ4v) is 7.19. The fourth-order valence-electron chi connectivity index (χ4n) is 5.42. The summed E-state index contributed by atoms with van der Waals surface area (Å²) in [5, 5.41) is 1.75. The van der Waals surface area contributed by atoms with Gasteiger partial charge in [0.15, 0.2) is 11.5 Å². The Morgan fingerprint density at radius 2 is 1.68 bits per heavy atom. The van der Waals surface area contributed by atoms with Gasteiger partial charge in [0, 0.05) is 38.1 Å². The van der Waals surface area contributed by atoms with E-state index in [9.17, 15) is 8.42 Å². The molecule has 180 valence electrons. The molecule has 1 fully saturated rings. The quantitative estimate of drug-likeness (QED) is 0.526. The first-order chi connectivity index (χ1) is 16.5. The summed E-state index contributed by atoms with van der Waals surface area (Å²) in [5.41, 5.74) is 2.57. The van der Waals surface area contributed by atoms with Gasteiger partial charge >= 0.3 is 0 Å². The minimum Gasteiger partial charge on any atom is -0.493 e. The van der Waals surface area contributed by atoms with Gasteiger partial charge in [-0.25, -0.2) is 8.42 Å².